The van der Waals surface area contributed by atoms with Crippen molar-refractivity contribution in [2.24, 2.45) is 0 Å². The van der Waals surface area contributed by atoms with Gasteiger partial charge in [0.05, 0.1) is 5.56 Å². The van der Waals surface area contributed by atoms with Gasteiger partial charge in [-0.3, -0.25) is 0 Å². The van der Waals surface area contributed by atoms with Crippen LogP contribution in [0.25, 0.3) is 121 Å². The predicted molar refractivity (Wildman–Crippen MR) is 229 cm³/mol. The second-order valence-corrected chi connectivity index (χ2v) is 14.4. The molecule has 12 rings (SSSR count). The van der Waals surface area contributed by atoms with Crippen LogP contribution in [-0.4, -0.2) is 15.0 Å². The molecule has 3 aromatic heterocycles. The Labute approximate surface area is 320 Å². The summed E-state index contributed by atoms with van der Waals surface area (Å²) < 4.78 is 12.8. The lowest BCUT2D eigenvalue weighted by Gasteiger charge is -2.11. The second kappa shape index (κ2) is 11.9. The molecular weight excluding hydrogens is 687 g/mol. The van der Waals surface area contributed by atoms with E-state index in [-0.39, 0.29) is 0 Å². The molecule has 0 bridgehead atoms. The van der Waals surface area contributed by atoms with Crippen molar-refractivity contribution in [3.63, 3.8) is 0 Å². The first-order chi connectivity index (χ1) is 27.7. The SMILES string of the molecule is c1ccc2cc(-c3nc(-c4ccc5c(-c6ccc7oc8cc9ccccc9cc8c7c6)cccc5c4)nc(-c4cccc5c4oc4ccccc45)n3)ccc2c1. The van der Waals surface area contributed by atoms with Crippen LogP contribution in [-0.2, 0) is 0 Å². The van der Waals surface area contributed by atoms with Crippen molar-refractivity contribution in [2.75, 3.05) is 0 Å². The zero-order valence-electron chi connectivity index (χ0n) is 29.9. The standard InChI is InChI=1S/C51H29N3O2/c1-2-10-31-25-36(20-19-30(31)9-1)49-52-50(54-51(53-49)42-17-8-16-41-40-14-5-6-18-45(40)56-48(41)42)37-21-23-39-34(26-37)13-7-15-38(39)35-22-24-46-43(28-35)44-27-32-11-3-4-12-33(32)29-47(44)55-46/h1-29H. The summed E-state index contributed by atoms with van der Waals surface area (Å²) in [6.45, 7) is 0. The van der Waals surface area contributed by atoms with Gasteiger partial charge in [0.25, 0.3) is 0 Å². The van der Waals surface area contributed by atoms with E-state index in [1.54, 1.807) is 0 Å². The largest absolute Gasteiger partial charge is 0.456 e. The molecule has 0 aliphatic heterocycles. The number of para-hydroxylation sites is 2. The first-order valence-electron chi connectivity index (χ1n) is 18.7. The smallest absolute Gasteiger partial charge is 0.167 e. The van der Waals surface area contributed by atoms with Crippen LogP contribution < -0.4 is 0 Å². The van der Waals surface area contributed by atoms with Gasteiger partial charge in [0.1, 0.15) is 22.3 Å². The maximum Gasteiger partial charge on any atom is 0.167 e. The van der Waals surface area contributed by atoms with Gasteiger partial charge in [-0.15, -0.1) is 0 Å². The van der Waals surface area contributed by atoms with E-state index in [0.717, 1.165) is 93.2 Å². The Balaban J connectivity index is 1.02. The van der Waals surface area contributed by atoms with E-state index < -0.39 is 0 Å². The maximum absolute atomic E-state index is 6.46. The molecule has 56 heavy (non-hydrogen) atoms. The molecule has 0 aliphatic carbocycles. The summed E-state index contributed by atoms with van der Waals surface area (Å²) in [6.07, 6.45) is 0. The van der Waals surface area contributed by atoms with Gasteiger partial charge in [-0.25, -0.2) is 15.0 Å². The van der Waals surface area contributed by atoms with Gasteiger partial charge in [0.15, 0.2) is 17.5 Å². The summed E-state index contributed by atoms with van der Waals surface area (Å²) >= 11 is 0. The Morgan fingerprint density at radius 3 is 1.73 bits per heavy atom. The number of furan rings is 2. The minimum Gasteiger partial charge on any atom is -0.456 e. The van der Waals surface area contributed by atoms with E-state index in [1.165, 1.54) is 10.8 Å². The number of nitrogens with zero attached hydrogens (tertiary/aromatic N) is 3. The summed E-state index contributed by atoms with van der Waals surface area (Å²) in [5.74, 6) is 1.76. The van der Waals surface area contributed by atoms with E-state index in [0.29, 0.717) is 17.5 Å². The number of fused-ring (bicyclic) bond motifs is 9. The van der Waals surface area contributed by atoms with Crippen LogP contribution in [0.3, 0.4) is 0 Å². The normalized spacial score (nSPS) is 11.9. The lowest BCUT2D eigenvalue weighted by Crippen LogP contribution is -2.00. The van der Waals surface area contributed by atoms with E-state index in [9.17, 15) is 0 Å². The summed E-state index contributed by atoms with van der Waals surface area (Å²) in [5.41, 5.74) is 8.29. The van der Waals surface area contributed by atoms with Crippen molar-refractivity contribution in [1.82, 2.24) is 15.0 Å². The number of aromatic nitrogens is 3. The first kappa shape index (κ1) is 30.8. The van der Waals surface area contributed by atoms with Gasteiger partial charge in [-0.2, -0.15) is 0 Å². The highest BCUT2D eigenvalue weighted by atomic mass is 16.3. The topological polar surface area (TPSA) is 65.0 Å². The quantitative estimate of drug-likeness (QED) is 0.181. The Bertz CT molecular complexity index is 3560. The van der Waals surface area contributed by atoms with E-state index >= 15 is 0 Å². The molecule has 0 unspecified atom stereocenters. The van der Waals surface area contributed by atoms with Crippen LogP contribution in [0.1, 0.15) is 0 Å². The Morgan fingerprint density at radius 2 is 0.875 bits per heavy atom. The van der Waals surface area contributed by atoms with Gasteiger partial charge in [0, 0.05) is 32.7 Å². The third-order valence-electron chi connectivity index (χ3n) is 11.1. The van der Waals surface area contributed by atoms with Crippen molar-refractivity contribution in [3.8, 4) is 45.3 Å². The predicted octanol–water partition coefficient (Wildman–Crippen LogP) is 13.8. The molecule has 0 saturated carbocycles. The van der Waals surface area contributed by atoms with Gasteiger partial charge in [-0.05, 0) is 92.0 Å². The highest BCUT2D eigenvalue weighted by Crippen LogP contribution is 2.39. The van der Waals surface area contributed by atoms with Crippen LogP contribution >= 0.6 is 0 Å². The van der Waals surface area contributed by atoms with Crippen molar-refractivity contribution < 1.29 is 8.83 Å². The molecule has 0 amide bonds. The monoisotopic (exact) mass is 715 g/mol. The molecule has 0 radical (unpaired) electrons. The van der Waals surface area contributed by atoms with Crippen LogP contribution in [0.2, 0.25) is 0 Å². The average molecular weight is 716 g/mol. The van der Waals surface area contributed by atoms with E-state index in [1.807, 2.05) is 30.3 Å². The minimum absolute atomic E-state index is 0.560. The Kier molecular flexibility index (Phi) is 6.56. The third-order valence-corrected chi connectivity index (χ3v) is 11.1. The molecule has 5 heteroatoms. The fraction of sp³-hybridized carbons (Fsp3) is 0. The fourth-order valence-electron chi connectivity index (χ4n) is 8.31. The molecule has 3 heterocycles. The summed E-state index contributed by atoms with van der Waals surface area (Å²) in [5, 5.41) is 11.2. The number of hydrogen-bond donors (Lipinski definition) is 0. The van der Waals surface area contributed by atoms with Crippen LogP contribution in [0.5, 0.6) is 0 Å². The Hall–Kier alpha value is -7.63. The number of benzene rings is 9. The summed E-state index contributed by atoms with van der Waals surface area (Å²) in [6, 6.07) is 61.2. The van der Waals surface area contributed by atoms with Crippen LogP contribution in [0.4, 0.5) is 0 Å². The van der Waals surface area contributed by atoms with Crippen molar-refractivity contribution in [1.29, 1.82) is 0 Å². The first-order valence-corrected chi connectivity index (χ1v) is 18.7. The van der Waals surface area contributed by atoms with Gasteiger partial charge >= 0.3 is 0 Å². The van der Waals surface area contributed by atoms with Gasteiger partial charge in [0.2, 0.25) is 0 Å². The summed E-state index contributed by atoms with van der Waals surface area (Å²) in [7, 11) is 0. The molecular formula is C51H29N3O2. The van der Waals surface area contributed by atoms with E-state index in [2.05, 4.69) is 146 Å². The maximum atomic E-state index is 6.46. The lowest BCUT2D eigenvalue weighted by molar-refractivity contribution is 0.669. The molecule has 12 aromatic rings. The zero-order valence-corrected chi connectivity index (χ0v) is 29.9. The molecule has 260 valence electrons. The molecule has 9 aromatic carbocycles. The van der Waals surface area contributed by atoms with Crippen LogP contribution in [0.15, 0.2) is 185 Å². The lowest BCUT2D eigenvalue weighted by atomic mass is 9.95. The Morgan fingerprint density at radius 1 is 0.286 bits per heavy atom. The summed E-state index contributed by atoms with van der Waals surface area (Å²) in [4.78, 5) is 15.4. The molecule has 0 saturated heterocycles. The van der Waals surface area contributed by atoms with Gasteiger partial charge in [-0.1, -0.05) is 127 Å². The van der Waals surface area contributed by atoms with Crippen molar-refractivity contribution >= 4 is 76.2 Å². The van der Waals surface area contributed by atoms with E-state index in [4.69, 9.17) is 23.8 Å². The number of rotatable bonds is 4. The number of hydrogen-bond acceptors (Lipinski definition) is 5. The minimum atomic E-state index is 0.560. The molecule has 5 nitrogen and oxygen atoms in total. The highest BCUT2D eigenvalue weighted by molar-refractivity contribution is 6.12. The average Bonchev–Trinajstić information content (AvgIpc) is 3.82. The highest BCUT2D eigenvalue weighted by Gasteiger charge is 2.19. The molecule has 0 aliphatic rings. The van der Waals surface area contributed by atoms with Crippen molar-refractivity contribution in [3.05, 3.63) is 176 Å². The fourth-order valence-corrected chi connectivity index (χ4v) is 8.31. The van der Waals surface area contributed by atoms with Crippen LogP contribution in [0, 0.1) is 0 Å². The zero-order chi connectivity index (χ0) is 36.7. The molecule has 0 spiro atoms. The van der Waals surface area contributed by atoms with Crippen molar-refractivity contribution in [2.45, 2.75) is 0 Å². The molecule has 0 atom stereocenters. The molecule has 0 N–H and O–H groups in total. The van der Waals surface area contributed by atoms with Gasteiger partial charge < -0.3 is 8.83 Å². The third kappa shape index (κ3) is 4.84. The second-order valence-electron chi connectivity index (χ2n) is 14.4. The molecule has 0 fully saturated rings.